The number of anilines is 1. The zero-order chi connectivity index (χ0) is 19.6. The van der Waals surface area contributed by atoms with Gasteiger partial charge in [0.05, 0.1) is 5.56 Å². The number of alkyl halides is 3. The molecule has 0 bridgehead atoms. The van der Waals surface area contributed by atoms with Gasteiger partial charge in [-0.2, -0.15) is 13.2 Å². The van der Waals surface area contributed by atoms with E-state index in [1.54, 1.807) is 19.1 Å². The second-order valence-electron chi connectivity index (χ2n) is 5.82. The Morgan fingerprint density at radius 3 is 2.67 bits per heavy atom. The Morgan fingerprint density at radius 2 is 1.93 bits per heavy atom. The van der Waals surface area contributed by atoms with Crippen LogP contribution in [0, 0.1) is 6.92 Å². The first-order chi connectivity index (χ1) is 12.7. The van der Waals surface area contributed by atoms with Crippen molar-refractivity contribution in [3.8, 4) is 5.75 Å². The number of hydrogen-bond acceptors (Lipinski definition) is 4. The minimum absolute atomic E-state index is 0.0126. The Hall–Kier alpha value is -3.29. The lowest BCUT2D eigenvalue weighted by molar-refractivity contribution is -0.137. The molecule has 1 aromatic heterocycles. The molecule has 1 heterocycles. The van der Waals surface area contributed by atoms with Gasteiger partial charge in [-0.25, -0.2) is 4.79 Å². The van der Waals surface area contributed by atoms with Gasteiger partial charge in [0.1, 0.15) is 11.3 Å². The van der Waals surface area contributed by atoms with E-state index in [2.05, 4.69) is 5.32 Å². The number of rotatable bonds is 4. The third kappa shape index (κ3) is 4.46. The summed E-state index contributed by atoms with van der Waals surface area (Å²) in [7, 11) is 0. The van der Waals surface area contributed by atoms with Gasteiger partial charge in [0.25, 0.3) is 5.91 Å². The quantitative estimate of drug-likeness (QED) is 0.694. The zero-order valence-corrected chi connectivity index (χ0v) is 14.1. The molecule has 0 fully saturated rings. The van der Waals surface area contributed by atoms with Gasteiger partial charge in [-0.15, -0.1) is 0 Å². The van der Waals surface area contributed by atoms with Crippen LogP contribution in [-0.4, -0.2) is 12.5 Å². The molecule has 0 radical (unpaired) electrons. The topological polar surface area (TPSA) is 68.5 Å². The summed E-state index contributed by atoms with van der Waals surface area (Å²) in [5.41, 5.74) is -0.287. The summed E-state index contributed by atoms with van der Waals surface area (Å²) in [5, 5.41) is 3.07. The van der Waals surface area contributed by atoms with E-state index in [-0.39, 0.29) is 11.4 Å². The Morgan fingerprint density at radius 1 is 1.15 bits per heavy atom. The molecule has 1 amide bonds. The minimum atomic E-state index is -4.50. The van der Waals surface area contributed by atoms with Crippen LogP contribution in [0.4, 0.5) is 18.9 Å². The van der Waals surface area contributed by atoms with Crippen molar-refractivity contribution in [2.75, 3.05) is 11.9 Å². The monoisotopic (exact) mass is 377 g/mol. The third-order valence-electron chi connectivity index (χ3n) is 3.77. The number of carbonyl (C=O) groups excluding carboxylic acids is 1. The predicted molar refractivity (Wildman–Crippen MR) is 92.8 cm³/mol. The molecular formula is C19H14F3NO4. The van der Waals surface area contributed by atoms with Crippen LogP contribution >= 0.6 is 0 Å². The van der Waals surface area contributed by atoms with Crippen molar-refractivity contribution >= 4 is 22.6 Å². The molecule has 0 aliphatic rings. The number of benzene rings is 2. The first kappa shape index (κ1) is 18.5. The SMILES string of the molecule is Cc1cc(=O)oc2cc(OCC(=O)Nc3cccc(C(F)(F)F)c3)ccc12. The number of aryl methyl sites for hydroxylation is 1. The van der Waals surface area contributed by atoms with E-state index in [1.807, 2.05) is 0 Å². The highest BCUT2D eigenvalue weighted by Crippen LogP contribution is 2.30. The van der Waals surface area contributed by atoms with E-state index >= 15 is 0 Å². The van der Waals surface area contributed by atoms with Crippen molar-refractivity contribution in [3.63, 3.8) is 0 Å². The van der Waals surface area contributed by atoms with Gasteiger partial charge >= 0.3 is 11.8 Å². The molecule has 0 saturated heterocycles. The molecule has 0 atom stereocenters. The van der Waals surface area contributed by atoms with Crippen molar-refractivity contribution in [3.05, 3.63) is 70.1 Å². The van der Waals surface area contributed by atoms with Gasteiger partial charge in [-0.05, 0) is 42.8 Å². The molecule has 1 N–H and O–H groups in total. The summed E-state index contributed by atoms with van der Waals surface area (Å²) in [6, 6.07) is 10.4. The number of halogens is 3. The van der Waals surface area contributed by atoms with E-state index in [0.717, 1.165) is 23.1 Å². The van der Waals surface area contributed by atoms with Crippen molar-refractivity contribution in [2.45, 2.75) is 13.1 Å². The second-order valence-corrected chi connectivity index (χ2v) is 5.82. The van der Waals surface area contributed by atoms with E-state index in [9.17, 15) is 22.8 Å². The highest BCUT2D eigenvalue weighted by Gasteiger charge is 2.30. The lowest BCUT2D eigenvalue weighted by atomic mass is 10.1. The van der Waals surface area contributed by atoms with Crippen LogP contribution in [-0.2, 0) is 11.0 Å². The molecule has 0 aliphatic heterocycles. The van der Waals surface area contributed by atoms with Crippen LogP contribution in [0.5, 0.6) is 5.75 Å². The minimum Gasteiger partial charge on any atom is -0.484 e. The first-order valence-electron chi connectivity index (χ1n) is 7.87. The maximum atomic E-state index is 12.7. The molecule has 8 heteroatoms. The van der Waals surface area contributed by atoms with Crippen LogP contribution in [0.1, 0.15) is 11.1 Å². The van der Waals surface area contributed by atoms with Gasteiger partial charge in [-0.3, -0.25) is 4.79 Å². The second kappa shape index (κ2) is 7.14. The normalized spacial score (nSPS) is 11.4. The molecular weight excluding hydrogens is 363 g/mol. The number of ether oxygens (including phenoxy) is 1. The number of hydrogen-bond donors (Lipinski definition) is 1. The van der Waals surface area contributed by atoms with Gasteiger partial charge in [-0.1, -0.05) is 6.07 Å². The molecule has 27 heavy (non-hydrogen) atoms. The zero-order valence-electron chi connectivity index (χ0n) is 14.1. The fourth-order valence-electron chi connectivity index (χ4n) is 2.51. The van der Waals surface area contributed by atoms with Crippen LogP contribution in [0.25, 0.3) is 11.0 Å². The Balaban J connectivity index is 1.67. The van der Waals surface area contributed by atoms with Gasteiger partial charge in [0.15, 0.2) is 6.61 Å². The van der Waals surface area contributed by atoms with E-state index in [0.29, 0.717) is 5.58 Å². The number of fused-ring (bicyclic) bond motifs is 1. The standard InChI is InChI=1S/C19H14F3NO4/c1-11-7-18(25)27-16-9-14(5-6-15(11)16)26-10-17(24)23-13-4-2-3-12(8-13)19(20,21)22/h2-9H,10H2,1H3,(H,23,24). The van der Waals surface area contributed by atoms with Crippen molar-refractivity contribution in [1.29, 1.82) is 0 Å². The largest absolute Gasteiger partial charge is 0.484 e. The van der Waals surface area contributed by atoms with Crippen LogP contribution in [0.2, 0.25) is 0 Å². The summed E-state index contributed by atoms with van der Waals surface area (Å²) >= 11 is 0. The van der Waals surface area contributed by atoms with E-state index < -0.39 is 29.9 Å². The average molecular weight is 377 g/mol. The smallest absolute Gasteiger partial charge is 0.416 e. The molecule has 0 aliphatic carbocycles. The number of carbonyl (C=O) groups is 1. The first-order valence-corrected chi connectivity index (χ1v) is 7.87. The van der Waals surface area contributed by atoms with Gasteiger partial charge < -0.3 is 14.5 Å². The third-order valence-corrected chi connectivity index (χ3v) is 3.77. The van der Waals surface area contributed by atoms with Crippen LogP contribution in [0.3, 0.4) is 0 Å². The Kier molecular flexibility index (Phi) is 4.89. The van der Waals surface area contributed by atoms with Crippen molar-refractivity contribution in [2.24, 2.45) is 0 Å². The lowest BCUT2D eigenvalue weighted by Crippen LogP contribution is -2.20. The summed E-state index contributed by atoms with van der Waals surface area (Å²) in [5.74, 6) is -0.337. The highest BCUT2D eigenvalue weighted by molar-refractivity contribution is 5.92. The maximum absolute atomic E-state index is 12.7. The molecule has 0 saturated carbocycles. The number of amides is 1. The van der Waals surface area contributed by atoms with Crippen LogP contribution in [0.15, 0.2) is 57.7 Å². The molecule has 2 aromatic carbocycles. The van der Waals surface area contributed by atoms with Gasteiger partial charge in [0.2, 0.25) is 0 Å². The fourth-order valence-corrected chi connectivity index (χ4v) is 2.51. The Labute approximate surface area is 151 Å². The number of nitrogens with one attached hydrogen (secondary N) is 1. The molecule has 0 unspecified atom stereocenters. The summed E-state index contributed by atoms with van der Waals surface area (Å²) in [6.07, 6.45) is -4.50. The average Bonchev–Trinajstić information content (AvgIpc) is 2.59. The molecule has 3 rings (SSSR count). The molecule has 0 spiro atoms. The van der Waals surface area contributed by atoms with E-state index in [4.69, 9.17) is 9.15 Å². The lowest BCUT2D eigenvalue weighted by Gasteiger charge is -2.11. The predicted octanol–water partition coefficient (Wildman–Crippen LogP) is 4.14. The van der Waals surface area contributed by atoms with Crippen LogP contribution < -0.4 is 15.7 Å². The summed E-state index contributed by atoms with van der Waals surface area (Å²) in [6.45, 7) is 1.35. The molecule has 3 aromatic rings. The molecule has 140 valence electrons. The maximum Gasteiger partial charge on any atom is 0.416 e. The summed E-state index contributed by atoms with van der Waals surface area (Å²) < 4.78 is 48.5. The van der Waals surface area contributed by atoms with Crippen molar-refractivity contribution in [1.82, 2.24) is 0 Å². The molecule has 5 nitrogen and oxygen atoms in total. The van der Waals surface area contributed by atoms with Gasteiger partial charge in [0, 0.05) is 23.2 Å². The van der Waals surface area contributed by atoms with Crippen molar-refractivity contribution < 1.29 is 27.1 Å². The van der Waals surface area contributed by atoms with E-state index in [1.165, 1.54) is 24.3 Å². The summed E-state index contributed by atoms with van der Waals surface area (Å²) in [4.78, 5) is 23.4. The Bertz CT molecular complexity index is 1060. The fraction of sp³-hybridized carbons (Fsp3) is 0.158. The highest BCUT2D eigenvalue weighted by atomic mass is 19.4.